The van der Waals surface area contributed by atoms with Gasteiger partial charge in [0.25, 0.3) is 0 Å². The molecule has 0 unspecified atom stereocenters. The molecule has 1 amide bonds. The molecule has 0 spiro atoms. The van der Waals surface area contributed by atoms with Gasteiger partial charge >= 0.3 is 0 Å². The fraction of sp³-hybridized carbons (Fsp3) is 0.733. The number of sulfone groups is 1. The largest absolute Gasteiger partial charge is 0.338 e. The molecule has 0 saturated carbocycles. The van der Waals surface area contributed by atoms with Crippen LogP contribution < -0.4 is 0 Å². The monoisotopic (exact) mass is 327 g/mol. The standard InChI is InChI=1S/C15H25N3O3S/c1-12(2)18-9-7-13(16-18)10-15(19)17-8-5-4-6-14(17)11-22(3,20)21/h7,9,12,14H,4-6,8,10-11H2,1-3H3/t14-/m1/s1. The van der Waals surface area contributed by atoms with Crippen LogP contribution in [0.3, 0.4) is 0 Å². The maximum Gasteiger partial charge on any atom is 0.228 e. The number of carbonyl (C=O) groups is 1. The van der Waals surface area contributed by atoms with Crippen molar-refractivity contribution in [2.24, 2.45) is 0 Å². The first-order valence-electron chi connectivity index (χ1n) is 7.77. The zero-order valence-corrected chi connectivity index (χ0v) is 14.3. The third-order valence-electron chi connectivity index (χ3n) is 3.97. The minimum Gasteiger partial charge on any atom is -0.338 e. The molecular formula is C15H25N3O3S. The predicted octanol–water partition coefficient (Wildman–Crippen LogP) is 1.43. The van der Waals surface area contributed by atoms with Crippen LogP contribution in [-0.2, 0) is 21.1 Å². The smallest absolute Gasteiger partial charge is 0.228 e. The molecule has 1 atom stereocenters. The van der Waals surface area contributed by atoms with E-state index in [1.165, 1.54) is 6.26 Å². The first-order chi connectivity index (χ1) is 10.3. The Bertz CT molecular complexity index is 622. The van der Waals surface area contributed by atoms with Crippen LogP contribution in [0.2, 0.25) is 0 Å². The molecule has 1 aliphatic rings. The minimum absolute atomic E-state index is 0.0256. The van der Waals surface area contributed by atoms with Crippen LogP contribution in [0.25, 0.3) is 0 Å². The molecule has 0 bridgehead atoms. The number of amides is 1. The number of hydrogen-bond acceptors (Lipinski definition) is 4. The summed E-state index contributed by atoms with van der Waals surface area (Å²) in [4.78, 5) is 14.3. The van der Waals surface area contributed by atoms with Gasteiger partial charge in [0.2, 0.25) is 5.91 Å². The summed E-state index contributed by atoms with van der Waals surface area (Å²) in [6, 6.07) is 1.92. The number of rotatable bonds is 5. The van der Waals surface area contributed by atoms with Gasteiger partial charge in [-0.1, -0.05) is 0 Å². The summed E-state index contributed by atoms with van der Waals surface area (Å²) in [6.07, 6.45) is 6.02. The molecule has 124 valence electrons. The molecule has 1 aromatic heterocycles. The second-order valence-corrected chi connectivity index (χ2v) is 8.57. The Balaban J connectivity index is 2.05. The van der Waals surface area contributed by atoms with Crippen LogP contribution in [0.15, 0.2) is 12.3 Å². The summed E-state index contributed by atoms with van der Waals surface area (Å²) >= 11 is 0. The number of likely N-dealkylation sites (tertiary alicyclic amines) is 1. The molecule has 0 aliphatic carbocycles. The first-order valence-corrected chi connectivity index (χ1v) is 9.83. The molecule has 0 radical (unpaired) electrons. The Morgan fingerprint density at radius 3 is 2.73 bits per heavy atom. The van der Waals surface area contributed by atoms with E-state index in [1.807, 2.05) is 30.8 Å². The van der Waals surface area contributed by atoms with Gasteiger partial charge in [-0.05, 0) is 39.2 Å². The van der Waals surface area contributed by atoms with E-state index in [4.69, 9.17) is 0 Å². The van der Waals surface area contributed by atoms with Gasteiger partial charge in [0.05, 0.1) is 17.9 Å². The zero-order valence-electron chi connectivity index (χ0n) is 13.5. The Morgan fingerprint density at radius 2 is 2.14 bits per heavy atom. The maximum atomic E-state index is 12.5. The van der Waals surface area contributed by atoms with Gasteiger partial charge < -0.3 is 4.90 Å². The summed E-state index contributed by atoms with van der Waals surface area (Å²) in [5.74, 6) is 0.0291. The fourth-order valence-electron chi connectivity index (χ4n) is 2.87. The molecule has 1 aromatic rings. The van der Waals surface area contributed by atoms with E-state index in [0.29, 0.717) is 6.54 Å². The second kappa shape index (κ2) is 6.81. The van der Waals surface area contributed by atoms with Crippen molar-refractivity contribution < 1.29 is 13.2 Å². The van der Waals surface area contributed by atoms with Crippen molar-refractivity contribution in [3.63, 3.8) is 0 Å². The number of aromatic nitrogens is 2. The van der Waals surface area contributed by atoms with E-state index in [1.54, 1.807) is 4.90 Å². The zero-order chi connectivity index (χ0) is 16.3. The van der Waals surface area contributed by atoms with Crippen LogP contribution in [0.5, 0.6) is 0 Å². The lowest BCUT2D eigenvalue weighted by atomic mass is 10.0. The second-order valence-electron chi connectivity index (χ2n) is 6.39. The SMILES string of the molecule is CC(C)n1ccc(CC(=O)N2CCCC[C@@H]2CS(C)(=O)=O)n1. The van der Waals surface area contributed by atoms with Crippen molar-refractivity contribution in [2.75, 3.05) is 18.6 Å². The van der Waals surface area contributed by atoms with Crippen molar-refractivity contribution in [2.45, 2.75) is 51.6 Å². The van der Waals surface area contributed by atoms with E-state index in [9.17, 15) is 13.2 Å². The van der Waals surface area contributed by atoms with Crippen LogP contribution in [0.1, 0.15) is 44.8 Å². The van der Waals surface area contributed by atoms with Gasteiger partial charge in [0.15, 0.2) is 0 Å². The average molecular weight is 327 g/mol. The quantitative estimate of drug-likeness (QED) is 0.820. The van der Waals surface area contributed by atoms with E-state index in [2.05, 4.69) is 5.10 Å². The third kappa shape index (κ3) is 4.56. The van der Waals surface area contributed by atoms with E-state index in [0.717, 1.165) is 25.0 Å². The molecule has 0 N–H and O–H groups in total. The molecule has 1 fully saturated rings. The highest BCUT2D eigenvalue weighted by Crippen LogP contribution is 2.19. The predicted molar refractivity (Wildman–Crippen MR) is 85.4 cm³/mol. The average Bonchev–Trinajstić information content (AvgIpc) is 2.86. The topological polar surface area (TPSA) is 72.3 Å². The molecule has 6 nitrogen and oxygen atoms in total. The molecule has 1 saturated heterocycles. The Labute approximate surface area is 132 Å². The normalized spacial score (nSPS) is 19.6. The van der Waals surface area contributed by atoms with Gasteiger partial charge in [-0.25, -0.2) is 8.42 Å². The van der Waals surface area contributed by atoms with Crippen LogP contribution in [-0.4, -0.2) is 53.6 Å². The number of nitrogens with zero attached hydrogens (tertiary/aromatic N) is 3. The van der Waals surface area contributed by atoms with Crippen molar-refractivity contribution in [3.8, 4) is 0 Å². The lowest BCUT2D eigenvalue weighted by molar-refractivity contribution is -0.133. The van der Waals surface area contributed by atoms with Gasteiger partial charge in [0, 0.05) is 31.1 Å². The summed E-state index contributed by atoms with van der Waals surface area (Å²) in [6.45, 7) is 4.71. The highest BCUT2D eigenvalue weighted by atomic mass is 32.2. The van der Waals surface area contributed by atoms with Crippen molar-refractivity contribution in [3.05, 3.63) is 18.0 Å². The van der Waals surface area contributed by atoms with Crippen LogP contribution >= 0.6 is 0 Å². The molecule has 0 aromatic carbocycles. The summed E-state index contributed by atoms with van der Waals surface area (Å²) in [7, 11) is -3.08. The molecule has 7 heteroatoms. The van der Waals surface area contributed by atoms with Gasteiger partial charge in [-0.2, -0.15) is 5.10 Å². The van der Waals surface area contributed by atoms with E-state index < -0.39 is 9.84 Å². The fourth-order valence-corrected chi connectivity index (χ4v) is 3.91. The lowest BCUT2D eigenvalue weighted by Gasteiger charge is -2.35. The number of piperidine rings is 1. The lowest BCUT2D eigenvalue weighted by Crippen LogP contribution is -2.47. The van der Waals surface area contributed by atoms with E-state index in [-0.39, 0.29) is 30.2 Å². The van der Waals surface area contributed by atoms with Gasteiger partial charge in [-0.3, -0.25) is 9.48 Å². The molecule has 2 heterocycles. The van der Waals surface area contributed by atoms with E-state index >= 15 is 0 Å². The Kier molecular flexibility index (Phi) is 5.26. The molecule has 22 heavy (non-hydrogen) atoms. The highest BCUT2D eigenvalue weighted by Gasteiger charge is 2.29. The van der Waals surface area contributed by atoms with Gasteiger partial charge in [0.1, 0.15) is 9.84 Å². The minimum atomic E-state index is -3.08. The molecule has 1 aliphatic heterocycles. The number of carbonyl (C=O) groups excluding carboxylic acids is 1. The number of hydrogen-bond donors (Lipinski definition) is 0. The van der Waals surface area contributed by atoms with Crippen molar-refractivity contribution in [1.82, 2.24) is 14.7 Å². The molecular weight excluding hydrogens is 302 g/mol. The third-order valence-corrected chi connectivity index (χ3v) is 4.96. The summed E-state index contributed by atoms with van der Waals surface area (Å²) < 4.78 is 24.9. The van der Waals surface area contributed by atoms with Crippen molar-refractivity contribution >= 4 is 15.7 Å². The first kappa shape index (κ1) is 17.0. The highest BCUT2D eigenvalue weighted by molar-refractivity contribution is 7.90. The summed E-state index contributed by atoms with van der Waals surface area (Å²) in [5, 5.41) is 4.40. The van der Waals surface area contributed by atoms with Crippen molar-refractivity contribution in [1.29, 1.82) is 0 Å². The summed E-state index contributed by atoms with van der Waals surface area (Å²) in [5.41, 5.74) is 0.738. The maximum absolute atomic E-state index is 12.5. The van der Waals surface area contributed by atoms with Crippen LogP contribution in [0.4, 0.5) is 0 Å². The Hall–Kier alpha value is -1.37. The van der Waals surface area contributed by atoms with Crippen LogP contribution in [0, 0.1) is 0 Å². The molecule has 2 rings (SSSR count). The van der Waals surface area contributed by atoms with Gasteiger partial charge in [-0.15, -0.1) is 0 Å². The Morgan fingerprint density at radius 1 is 1.41 bits per heavy atom.